The first kappa shape index (κ1) is 10.6. The molecule has 17 heavy (non-hydrogen) atoms. The van der Waals surface area contributed by atoms with Crippen molar-refractivity contribution in [2.24, 2.45) is 11.8 Å². The fraction of sp³-hybridized carbons (Fsp3) is 0.538. The van der Waals surface area contributed by atoms with Gasteiger partial charge in [-0.3, -0.25) is 4.57 Å². The van der Waals surface area contributed by atoms with Gasteiger partial charge in [0.05, 0.1) is 0 Å². The lowest BCUT2D eigenvalue weighted by Crippen LogP contribution is -2.15. The zero-order valence-electron chi connectivity index (χ0n) is 10.1. The highest BCUT2D eigenvalue weighted by molar-refractivity contribution is 5.73. The average molecular weight is 230 g/mol. The largest absolute Gasteiger partial charge is 0.369 e. The molecular weight excluding hydrogens is 212 g/mol. The number of hydrogen-bond donors (Lipinski definition) is 1. The van der Waals surface area contributed by atoms with Crippen molar-refractivity contribution in [3.63, 3.8) is 0 Å². The molecule has 90 valence electrons. The molecule has 0 bridgehead atoms. The molecule has 2 aromatic rings. The number of nitrogen functional groups attached to an aromatic ring is 1. The molecule has 1 saturated carbocycles. The summed E-state index contributed by atoms with van der Waals surface area (Å²) in [5.74, 6) is 2.10. The molecule has 4 nitrogen and oxygen atoms in total. The third-order valence-corrected chi connectivity index (χ3v) is 3.99. The third-order valence-electron chi connectivity index (χ3n) is 3.99. The number of anilines is 1. The van der Waals surface area contributed by atoms with Crippen LogP contribution in [0.2, 0.25) is 0 Å². The van der Waals surface area contributed by atoms with Crippen molar-refractivity contribution in [1.82, 2.24) is 14.5 Å². The normalized spacial score (nSPS) is 24.5. The molecule has 1 aliphatic carbocycles. The Hall–Kier alpha value is -1.58. The van der Waals surface area contributed by atoms with Crippen molar-refractivity contribution in [3.8, 4) is 0 Å². The van der Waals surface area contributed by atoms with E-state index in [4.69, 9.17) is 5.73 Å². The van der Waals surface area contributed by atoms with E-state index in [0.717, 1.165) is 29.5 Å². The van der Waals surface area contributed by atoms with Crippen LogP contribution >= 0.6 is 0 Å². The van der Waals surface area contributed by atoms with Crippen LogP contribution in [0, 0.1) is 11.8 Å². The Balaban J connectivity index is 1.96. The van der Waals surface area contributed by atoms with Crippen molar-refractivity contribution in [3.05, 3.63) is 18.3 Å². The van der Waals surface area contributed by atoms with Crippen molar-refractivity contribution in [1.29, 1.82) is 0 Å². The van der Waals surface area contributed by atoms with Gasteiger partial charge in [0.25, 0.3) is 0 Å². The van der Waals surface area contributed by atoms with Gasteiger partial charge in [0, 0.05) is 12.7 Å². The van der Waals surface area contributed by atoms with E-state index < -0.39 is 0 Å². The number of pyridine rings is 1. The predicted octanol–water partition coefficient (Wildman–Crippen LogP) is 2.45. The lowest BCUT2D eigenvalue weighted by Gasteiger charge is -2.16. The van der Waals surface area contributed by atoms with E-state index in [0.29, 0.717) is 5.95 Å². The Labute approximate surface area is 101 Å². The number of nitrogens with two attached hydrogens (primary N) is 1. The molecule has 2 atom stereocenters. The highest BCUT2D eigenvalue weighted by Gasteiger charge is 2.25. The molecule has 1 aliphatic rings. The number of hydrogen-bond acceptors (Lipinski definition) is 3. The molecule has 4 heteroatoms. The Morgan fingerprint density at radius 3 is 3.12 bits per heavy atom. The molecule has 0 aliphatic heterocycles. The van der Waals surface area contributed by atoms with Gasteiger partial charge < -0.3 is 5.73 Å². The molecule has 0 saturated heterocycles. The van der Waals surface area contributed by atoms with Crippen molar-refractivity contribution < 1.29 is 0 Å². The van der Waals surface area contributed by atoms with Crippen molar-refractivity contribution >= 4 is 17.1 Å². The van der Waals surface area contributed by atoms with E-state index in [-0.39, 0.29) is 0 Å². The summed E-state index contributed by atoms with van der Waals surface area (Å²) in [7, 11) is 0. The van der Waals surface area contributed by atoms with Crippen LogP contribution in [0.4, 0.5) is 5.95 Å². The molecule has 0 amide bonds. The summed E-state index contributed by atoms with van der Waals surface area (Å²) in [6, 6.07) is 3.87. The molecule has 0 spiro atoms. The van der Waals surface area contributed by atoms with Gasteiger partial charge in [-0.05, 0) is 30.4 Å². The van der Waals surface area contributed by atoms with E-state index in [9.17, 15) is 0 Å². The first-order valence-corrected chi connectivity index (χ1v) is 6.32. The predicted molar refractivity (Wildman–Crippen MR) is 68.4 cm³/mol. The van der Waals surface area contributed by atoms with Crippen molar-refractivity contribution in [2.45, 2.75) is 32.7 Å². The van der Waals surface area contributed by atoms with E-state index >= 15 is 0 Å². The zero-order valence-corrected chi connectivity index (χ0v) is 10.1. The Bertz CT molecular complexity index is 531. The second-order valence-corrected chi connectivity index (χ2v) is 5.10. The van der Waals surface area contributed by atoms with Crippen LogP contribution in [0.5, 0.6) is 0 Å². The van der Waals surface area contributed by atoms with Gasteiger partial charge in [0.1, 0.15) is 5.52 Å². The maximum absolute atomic E-state index is 5.99. The Kier molecular flexibility index (Phi) is 2.50. The number of fused-ring (bicyclic) bond motifs is 1. The van der Waals surface area contributed by atoms with Gasteiger partial charge in [-0.15, -0.1) is 0 Å². The van der Waals surface area contributed by atoms with Crippen LogP contribution in [-0.2, 0) is 6.54 Å². The second kappa shape index (κ2) is 4.02. The lowest BCUT2D eigenvalue weighted by atomic mass is 9.98. The van der Waals surface area contributed by atoms with Crippen LogP contribution in [0.25, 0.3) is 11.2 Å². The van der Waals surface area contributed by atoms with Crippen LogP contribution in [0.3, 0.4) is 0 Å². The molecule has 3 rings (SSSR count). The number of rotatable bonds is 2. The van der Waals surface area contributed by atoms with E-state index in [1.165, 1.54) is 19.3 Å². The number of nitrogens with zero attached hydrogens (tertiary/aromatic N) is 3. The maximum Gasteiger partial charge on any atom is 0.202 e. The first-order chi connectivity index (χ1) is 8.25. The molecule has 2 N–H and O–H groups in total. The highest BCUT2D eigenvalue weighted by Crippen LogP contribution is 2.33. The molecule has 2 heterocycles. The van der Waals surface area contributed by atoms with Gasteiger partial charge in [0.2, 0.25) is 5.95 Å². The summed E-state index contributed by atoms with van der Waals surface area (Å²) in [5.41, 5.74) is 7.81. The summed E-state index contributed by atoms with van der Waals surface area (Å²) < 4.78 is 2.07. The van der Waals surface area contributed by atoms with Crippen LogP contribution in [0.1, 0.15) is 26.2 Å². The number of aromatic nitrogens is 3. The zero-order chi connectivity index (χ0) is 11.8. The smallest absolute Gasteiger partial charge is 0.202 e. The molecular formula is C13H18N4. The molecule has 1 fully saturated rings. The number of imidazole rings is 1. The summed E-state index contributed by atoms with van der Waals surface area (Å²) >= 11 is 0. The summed E-state index contributed by atoms with van der Waals surface area (Å²) in [5, 5.41) is 0. The minimum absolute atomic E-state index is 0.595. The molecule has 2 aromatic heterocycles. The van der Waals surface area contributed by atoms with E-state index in [1.807, 2.05) is 12.1 Å². The monoisotopic (exact) mass is 230 g/mol. The van der Waals surface area contributed by atoms with E-state index in [1.54, 1.807) is 6.20 Å². The average Bonchev–Trinajstić information content (AvgIpc) is 2.85. The van der Waals surface area contributed by atoms with Gasteiger partial charge in [-0.25, -0.2) is 9.97 Å². The highest BCUT2D eigenvalue weighted by atomic mass is 15.2. The lowest BCUT2D eigenvalue weighted by molar-refractivity contribution is 0.369. The maximum atomic E-state index is 5.99. The topological polar surface area (TPSA) is 56.7 Å². The minimum atomic E-state index is 0.595. The van der Waals surface area contributed by atoms with Gasteiger partial charge in [-0.1, -0.05) is 19.8 Å². The quantitative estimate of drug-likeness (QED) is 0.862. The van der Waals surface area contributed by atoms with E-state index in [2.05, 4.69) is 21.5 Å². The molecule has 0 aromatic carbocycles. The fourth-order valence-corrected chi connectivity index (χ4v) is 2.88. The summed E-state index contributed by atoms with van der Waals surface area (Å²) in [4.78, 5) is 8.75. The van der Waals surface area contributed by atoms with Crippen molar-refractivity contribution in [2.75, 3.05) is 5.73 Å². The SMILES string of the molecule is CC1CCCC1Cn1c(N)nc2cccnc21. The van der Waals surface area contributed by atoms with Gasteiger partial charge in [-0.2, -0.15) is 0 Å². The standard InChI is InChI=1S/C13H18N4/c1-9-4-2-5-10(9)8-17-12-11(16-13(17)14)6-3-7-15-12/h3,6-7,9-10H,2,4-5,8H2,1H3,(H2,14,16). The molecule has 2 unspecified atom stereocenters. The van der Waals surface area contributed by atoms with Crippen LogP contribution < -0.4 is 5.73 Å². The minimum Gasteiger partial charge on any atom is -0.369 e. The summed E-state index contributed by atoms with van der Waals surface area (Å²) in [6.07, 6.45) is 5.78. The van der Waals surface area contributed by atoms with Crippen LogP contribution in [-0.4, -0.2) is 14.5 Å². The van der Waals surface area contributed by atoms with Gasteiger partial charge in [0.15, 0.2) is 5.65 Å². The first-order valence-electron chi connectivity index (χ1n) is 6.32. The Morgan fingerprint density at radius 2 is 2.35 bits per heavy atom. The second-order valence-electron chi connectivity index (χ2n) is 5.10. The summed E-state index contributed by atoms with van der Waals surface area (Å²) in [6.45, 7) is 3.29. The van der Waals surface area contributed by atoms with Gasteiger partial charge >= 0.3 is 0 Å². The van der Waals surface area contributed by atoms with Crippen LogP contribution in [0.15, 0.2) is 18.3 Å². The molecule has 0 radical (unpaired) electrons. The Morgan fingerprint density at radius 1 is 1.47 bits per heavy atom. The fourth-order valence-electron chi connectivity index (χ4n) is 2.88. The third kappa shape index (κ3) is 1.77.